The second-order valence-electron chi connectivity index (χ2n) is 5.20. The van der Waals surface area contributed by atoms with E-state index in [0.29, 0.717) is 6.79 Å². The number of hydrogen-bond acceptors (Lipinski definition) is 5. The van der Waals surface area contributed by atoms with Crippen LogP contribution < -0.4 is 19.3 Å². The first-order valence-corrected chi connectivity index (χ1v) is 7.21. The maximum atomic E-state index is 5.45. The van der Waals surface area contributed by atoms with Crippen molar-refractivity contribution < 1.29 is 9.47 Å². The molecular weight excluding hydrogens is 266 g/mol. The summed E-state index contributed by atoms with van der Waals surface area (Å²) in [6.45, 7) is 4.25. The number of aromatic nitrogens is 1. The van der Waals surface area contributed by atoms with Gasteiger partial charge >= 0.3 is 0 Å². The fourth-order valence-corrected chi connectivity index (χ4v) is 2.82. The van der Waals surface area contributed by atoms with Crippen LogP contribution in [0.1, 0.15) is 0 Å². The third-order valence-electron chi connectivity index (χ3n) is 3.97. The molecule has 108 valence electrons. The van der Waals surface area contributed by atoms with Crippen molar-refractivity contribution >= 4 is 11.5 Å². The van der Waals surface area contributed by atoms with Gasteiger partial charge in [0.2, 0.25) is 6.79 Å². The summed E-state index contributed by atoms with van der Waals surface area (Å²) in [5.41, 5.74) is 1.19. The molecule has 2 aliphatic rings. The summed E-state index contributed by atoms with van der Waals surface area (Å²) in [7, 11) is 0. The van der Waals surface area contributed by atoms with Gasteiger partial charge in [-0.3, -0.25) is 0 Å². The van der Waals surface area contributed by atoms with Crippen molar-refractivity contribution in [3.05, 3.63) is 42.6 Å². The molecule has 0 amide bonds. The number of anilines is 2. The predicted octanol–water partition coefficient (Wildman–Crippen LogP) is 2.14. The van der Waals surface area contributed by atoms with Gasteiger partial charge < -0.3 is 19.3 Å². The quantitative estimate of drug-likeness (QED) is 0.844. The minimum Gasteiger partial charge on any atom is -0.454 e. The van der Waals surface area contributed by atoms with Crippen molar-refractivity contribution in [1.82, 2.24) is 4.98 Å². The fraction of sp³-hybridized carbons (Fsp3) is 0.312. The van der Waals surface area contributed by atoms with Gasteiger partial charge in [-0.25, -0.2) is 4.98 Å². The Labute approximate surface area is 123 Å². The van der Waals surface area contributed by atoms with Gasteiger partial charge in [-0.15, -0.1) is 0 Å². The Morgan fingerprint density at radius 3 is 2.48 bits per heavy atom. The number of pyridine rings is 1. The lowest BCUT2D eigenvalue weighted by Gasteiger charge is -2.36. The topological polar surface area (TPSA) is 37.8 Å². The average molecular weight is 283 g/mol. The van der Waals surface area contributed by atoms with Crippen LogP contribution in [0.2, 0.25) is 0 Å². The summed E-state index contributed by atoms with van der Waals surface area (Å²) < 4.78 is 10.8. The highest BCUT2D eigenvalue weighted by molar-refractivity contribution is 5.58. The van der Waals surface area contributed by atoms with Crippen LogP contribution in [0.15, 0.2) is 42.6 Å². The summed E-state index contributed by atoms with van der Waals surface area (Å²) in [4.78, 5) is 9.12. The Balaban J connectivity index is 1.45. The fourth-order valence-electron chi connectivity index (χ4n) is 2.82. The van der Waals surface area contributed by atoms with Crippen LogP contribution in [0.25, 0.3) is 0 Å². The predicted molar refractivity (Wildman–Crippen MR) is 81.2 cm³/mol. The third-order valence-corrected chi connectivity index (χ3v) is 3.97. The number of piperazine rings is 1. The third kappa shape index (κ3) is 2.35. The van der Waals surface area contributed by atoms with Gasteiger partial charge in [0.1, 0.15) is 5.82 Å². The first-order chi connectivity index (χ1) is 10.4. The van der Waals surface area contributed by atoms with E-state index in [1.54, 1.807) is 0 Å². The molecule has 1 fully saturated rings. The van der Waals surface area contributed by atoms with Crippen LogP contribution in [-0.2, 0) is 0 Å². The summed E-state index contributed by atoms with van der Waals surface area (Å²) in [6, 6.07) is 12.2. The van der Waals surface area contributed by atoms with E-state index in [2.05, 4.69) is 33.0 Å². The Morgan fingerprint density at radius 1 is 0.857 bits per heavy atom. The van der Waals surface area contributed by atoms with Crippen LogP contribution in [0.4, 0.5) is 11.5 Å². The van der Waals surface area contributed by atoms with E-state index in [-0.39, 0.29) is 0 Å². The van der Waals surface area contributed by atoms with Gasteiger partial charge in [0, 0.05) is 44.1 Å². The zero-order valence-corrected chi connectivity index (χ0v) is 11.7. The molecule has 0 radical (unpaired) electrons. The number of fused-ring (bicyclic) bond motifs is 1. The molecule has 0 spiro atoms. The lowest BCUT2D eigenvalue weighted by molar-refractivity contribution is 0.174. The van der Waals surface area contributed by atoms with Crippen LogP contribution >= 0.6 is 0 Å². The maximum Gasteiger partial charge on any atom is 0.231 e. The van der Waals surface area contributed by atoms with E-state index in [9.17, 15) is 0 Å². The number of benzene rings is 1. The van der Waals surface area contributed by atoms with Gasteiger partial charge in [0.15, 0.2) is 11.5 Å². The van der Waals surface area contributed by atoms with Gasteiger partial charge in [-0.1, -0.05) is 6.07 Å². The molecule has 0 bridgehead atoms. The minimum atomic E-state index is 0.326. The first kappa shape index (κ1) is 12.3. The van der Waals surface area contributed by atoms with E-state index in [4.69, 9.17) is 9.47 Å². The Kier molecular flexibility index (Phi) is 3.03. The van der Waals surface area contributed by atoms with Crippen molar-refractivity contribution in [1.29, 1.82) is 0 Å². The normalized spacial score (nSPS) is 17.1. The lowest BCUT2D eigenvalue weighted by Crippen LogP contribution is -2.46. The highest BCUT2D eigenvalue weighted by Crippen LogP contribution is 2.35. The molecule has 0 N–H and O–H groups in total. The van der Waals surface area contributed by atoms with Crippen LogP contribution in [0, 0.1) is 0 Å². The molecule has 2 aromatic rings. The zero-order chi connectivity index (χ0) is 14.1. The number of ether oxygens (including phenoxy) is 2. The Bertz CT molecular complexity index is 625. The molecule has 0 saturated carbocycles. The van der Waals surface area contributed by atoms with Gasteiger partial charge in [0.25, 0.3) is 0 Å². The molecule has 0 unspecified atom stereocenters. The Morgan fingerprint density at radius 2 is 1.67 bits per heavy atom. The van der Waals surface area contributed by atoms with E-state index in [0.717, 1.165) is 43.5 Å². The highest BCUT2D eigenvalue weighted by atomic mass is 16.7. The van der Waals surface area contributed by atoms with Crippen molar-refractivity contribution in [3.8, 4) is 11.5 Å². The van der Waals surface area contributed by atoms with Gasteiger partial charge in [-0.2, -0.15) is 0 Å². The standard InChI is InChI=1S/C16H17N3O2/c1-2-6-17-16(3-1)19-9-7-18(8-10-19)13-4-5-14-15(11-13)21-12-20-14/h1-6,11H,7-10,12H2. The molecule has 5 heteroatoms. The number of hydrogen-bond donors (Lipinski definition) is 0. The van der Waals surface area contributed by atoms with Crippen molar-refractivity contribution in [3.63, 3.8) is 0 Å². The molecule has 21 heavy (non-hydrogen) atoms. The molecule has 1 aromatic carbocycles. The minimum absolute atomic E-state index is 0.326. The van der Waals surface area contributed by atoms with Crippen LogP contribution in [-0.4, -0.2) is 38.0 Å². The number of rotatable bonds is 2. The molecule has 4 rings (SSSR count). The first-order valence-electron chi connectivity index (χ1n) is 7.21. The summed E-state index contributed by atoms with van der Waals surface area (Å²) >= 11 is 0. The maximum absolute atomic E-state index is 5.45. The highest BCUT2D eigenvalue weighted by Gasteiger charge is 2.20. The molecule has 1 saturated heterocycles. The monoisotopic (exact) mass is 283 g/mol. The summed E-state index contributed by atoms with van der Waals surface area (Å²) in [5, 5.41) is 0. The van der Waals surface area contributed by atoms with Crippen molar-refractivity contribution in [2.45, 2.75) is 0 Å². The second kappa shape index (κ2) is 5.16. The summed E-state index contributed by atoms with van der Waals surface area (Å²) in [5.74, 6) is 2.74. The van der Waals surface area contributed by atoms with Crippen LogP contribution in [0.3, 0.4) is 0 Å². The number of nitrogens with zero attached hydrogens (tertiary/aromatic N) is 3. The molecule has 3 heterocycles. The molecule has 5 nitrogen and oxygen atoms in total. The van der Waals surface area contributed by atoms with Crippen molar-refractivity contribution in [2.24, 2.45) is 0 Å². The van der Waals surface area contributed by atoms with Gasteiger partial charge in [-0.05, 0) is 24.3 Å². The molecule has 1 aromatic heterocycles. The van der Waals surface area contributed by atoms with Gasteiger partial charge in [0.05, 0.1) is 0 Å². The largest absolute Gasteiger partial charge is 0.454 e. The average Bonchev–Trinajstić information content (AvgIpc) is 3.03. The molecule has 0 atom stereocenters. The van der Waals surface area contributed by atoms with E-state index < -0.39 is 0 Å². The van der Waals surface area contributed by atoms with E-state index >= 15 is 0 Å². The molecule has 0 aliphatic carbocycles. The SMILES string of the molecule is c1ccc(N2CCN(c3ccc4c(c3)OCO4)CC2)nc1. The van der Waals surface area contributed by atoms with Crippen LogP contribution in [0.5, 0.6) is 11.5 Å². The molecular formula is C16H17N3O2. The lowest BCUT2D eigenvalue weighted by atomic mass is 10.2. The van der Waals surface area contributed by atoms with E-state index in [1.807, 2.05) is 24.4 Å². The smallest absolute Gasteiger partial charge is 0.231 e. The Hall–Kier alpha value is -2.43. The second-order valence-corrected chi connectivity index (χ2v) is 5.20. The summed E-state index contributed by atoms with van der Waals surface area (Å²) in [6.07, 6.45) is 1.85. The van der Waals surface area contributed by atoms with Crippen molar-refractivity contribution in [2.75, 3.05) is 42.8 Å². The zero-order valence-electron chi connectivity index (χ0n) is 11.7. The molecule has 2 aliphatic heterocycles. The van der Waals surface area contributed by atoms with E-state index in [1.165, 1.54) is 5.69 Å².